The number of nitro groups is 1. The van der Waals surface area contributed by atoms with Crippen molar-refractivity contribution in [2.24, 2.45) is 0 Å². The maximum atomic E-state index is 11.0. The number of alkyl halides is 1. The minimum Gasteiger partial charge on any atom is -0.258 e. The molecule has 0 saturated heterocycles. The molecule has 0 saturated carbocycles. The van der Waals surface area contributed by atoms with Crippen molar-refractivity contribution < 1.29 is 4.92 Å². The summed E-state index contributed by atoms with van der Waals surface area (Å²) in [5.41, 5.74) is 1.72. The van der Waals surface area contributed by atoms with Crippen LogP contribution in [0, 0.1) is 10.1 Å². The van der Waals surface area contributed by atoms with Crippen LogP contribution in [0.5, 0.6) is 0 Å². The molecule has 0 spiro atoms. The third-order valence-corrected chi connectivity index (χ3v) is 4.48. The van der Waals surface area contributed by atoms with Crippen LogP contribution in [0.4, 0.5) is 5.69 Å². The molecule has 0 aliphatic heterocycles. The molecule has 0 amide bonds. The zero-order valence-electron chi connectivity index (χ0n) is 10.2. The van der Waals surface area contributed by atoms with E-state index in [1.165, 1.54) is 6.07 Å². The van der Waals surface area contributed by atoms with Crippen LogP contribution in [0.25, 0.3) is 0 Å². The monoisotopic (exact) mass is 373 g/mol. The Morgan fingerprint density at radius 3 is 2.50 bits per heavy atom. The average molecular weight is 375 g/mol. The van der Waals surface area contributed by atoms with E-state index in [-0.39, 0.29) is 15.4 Å². The average Bonchev–Trinajstić information content (AvgIpc) is 2.42. The molecule has 0 aromatic heterocycles. The minimum atomic E-state index is -0.371. The Kier molecular flexibility index (Phi) is 5.02. The van der Waals surface area contributed by atoms with Gasteiger partial charge < -0.3 is 0 Å². The summed E-state index contributed by atoms with van der Waals surface area (Å²) >= 11 is 15.4. The van der Waals surface area contributed by atoms with Crippen LogP contribution < -0.4 is 0 Å². The van der Waals surface area contributed by atoms with Gasteiger partial charge in [-0.2, -0.15) is 0 Å². The largest absolute Gasteiger partial charge is 0.272 e. The van der Waals surface area contributed by atoms with E-state index in [4.69, 9.17) is 23.2 Å². The number of hydrogen-bond donors (Lipinski definition) is 0. The number of nitro benzene ring substituents is 1. The van der Waals surface area contributed by atoms with Gasteiger partial charge in [0.1, 0.15) is 0 Å². The first kappa shape index (κ1) is 15.3. The first-order chi connectivity index (χ1) is 9.49. The summed E-state index contributed by atoms with van der Waals surface area (Å²) in [6.45, 7) is 0. The maximum Gasteiger partial charge on any atom is 0.272 e. The molecule has 0 fully saturated rings. The van der Waals surface area contributed by atoms with Gasteiger partial charge in [-0.15, -0.1) is 0 Å². The second-order valence-electron chi connectivity index (χ2n) is 4.23. The molecular formula is C14H10BrCl2NO2. The van der Waals surface area contributed by atoms with E-state index < -0.39 is 0 Å². The Hall–Kier alpha value is -1.10. The molecule has 1 atom stereocenters. The number of halogens is 3. The molecule has 0 heterocycles. The van der Waals surface area contributed by atoms with Crippen molar-refractivity contribution in [3.8, 4) is 0 Å². The number of benzene rings is 2. The van der Waals surface area contributed by atoms with Crippen LogP contribution in [-0.2, 0) is 6.42 Å². The summed E-state index contributed by atoms with van der Waals surface area (Å²) in [6, 6.07) is 12.0. The lowest BCUT2D eigenvalue weighted by Gasteiger charge is -2.11. The molecule has 3 nitrogen and oxygen atoms in total. The second-order valence-corrected chi connectivity index (χ2v) is 6.15. The van der Waals surface area contributed by atoms with E-state index in [1.807, 2.05) is 6.07 Å². The predicted molar refractivity (Wildman–Crippen MR) is 84.9 cm³/mol. The van der Waals surface area contributed by atoms with Gasteiger partial charge in [-0.1, -0.05) is 63.4 Å². The fourth-order valence-corrected chi connectivity index (χ4v) is 2.82. The fourth-order valence-electron chi connectivity index (χ4n) is 1.88. The van der Waals surface area contributed by atoms with Crippen molar-refractivity contribution in [2.75, 3.05) is 0 Å². The molecule has 0 N–H and O–H groups in total. The zero-order chi connectivity index (χ0) is 14.7. The third kappa shape index (κ3) is 3.51. The molecular weight excluding hydrogens is 365 g/mol. The quantitative estimate of drug-likeness (QED) is 0.398. The van der Waals surface area contributed by atoms with Gasteiger partial charge in [0.2, 0.25) is 0 Å². The number of rotatable bonds is 4. The molecule has 0 bridgehead atoms. The van der Waals surface area contributed by atoms with E-state index in [1.54, 1.807) is 30.3 Å². The van der Waals surface area contributed by atoms with Crippen LogP contribution in [0.2, 0.25) is 10.0 Å². The van der Waals surface area contributed by atoms with E-state index in [2.05, 4.69) is 15.9 Å². The van der Waals surface area contributed by atoms with E-state index in [9.17, 15) is 10.1 Å². The van der Waals surface area contributed by atoms with Gasteiger partial charge in [0.05, 0.1) is 15.0 Å². The van der Waals surface area contributed by atoms with E-state index in [0.29, 0.717) is 22.0 Å². The zero-order valence-corrected chi connectivity index (χ0v) is 13.3. The van der Waals surface area contributed by atoms with Crippen molar-refractivity contribution in [2.45, 2.75) is 11.2 Å². The van der Waals surface area contributed by atoms with Crippen molar-refractivity contribution >= 4 is 44.8 Å². The highest BCUT2D eigenvalue weighted by Crippen LogP contribution is 2.33. The lowest BCUT2D eigenvalue weighted by molar-refractivity contribution is -0.385. The summed E-state index contributed by atoms with van der Waals surface area (Å²) in [4.78, 5) is 10.5. The lowest BCUT2D eigenvalue weighted by Crippen LogP contribution is -2.00. The third-order valence-electron chi connectivity index (χ3n) is 2.89. The van der Waals surface area contributed by atoms with Crippen molar-refractivity contribution in [3.63, 3.8) is 0 Å². The predicted octanol–water partition coefficient (Wildman–Crippen LogP) is 5.58. The molecule has 2 rings (SSSR count). The molecule has 20 heavy (non-hydrogen) atoms. The van der Waals surface area contributed by atoms with Crippen LogP contribution in [0.3, 0.4) is 0 Å². The Labute approximate surface area is 134 Å². The number of hydrogen-bond acceptors (Lipinski definition) is 2. The number of nitrogens with zero attached hydrogens (tertiary/aromatic N) is 1. The van der Waals surface area contributed by atoms with Crippen LogP contribution >= 0.6 is 39.1 Å². The van der Waals surface area contributed by atoms with Gasteiger partial charge in [-0.25, -0.2) is 0 Å². The molecule has 0 aliphatic rings. The number of para-hydroxylation sites is 1. The fraction of sp³-hybridized carbons (Fsp3) is 0.143. The van der Waals surface area contributed by atoms with Crippen molar-refractivity contribution in [3.05, 3.63) is 73.8 Å². The highest BCUT2D eigenvalue weighted by Gasteiger charge is 2.17. The molecule has 0 aliphatic carbocycles. The molecule has 104 valence electrons. The minimum absolute atomic E-state index is 0.0710. The topological polar surface area (TPSA) is 43.1 Å². The highest BCUT2D eigenvalue weighted by molar-refractivity contribution is 9.09. The Morgan fingerprint density at radius 2 is 1.85 bits per heavy atom. The van der Waals surface area contributed by atoms with Gasteiger partial charge in [0.25, 0.3) is 5.69 Å². The van der Waals surface area contributed by atoms with Crippen molar-refractivity contribution in [1.29, 1.82) is 0 Å². The lowest BCUT2D eigenvalue weighted by atomic mass is 10.0. The molecule has 1 unspecified atom stereocenters. The van der Waals surface area contributed by atoms with Crippen LogP contribution in [-0.4, -0.2) is 4.92 Å². The standard InChI is InChI=1S/C14H10BrCl2NO2/c15-11(9-5-6-12(16)13(17)8-9)7-10-3-1-2-4-14(10)18(19)20/h1-6,8,11H,7H2. The van der Waals surface area contributed by atoms with E-state index >= 15 is 0 Å². The first-order valence-electron chi connectivity index (χ1n) is 5.80. The molecule has 0 radical (unpaired) electrons. The SMILES string of the molecule is O=[N+]([O-])c1ccccc1CC(Br)c1ccc(Cl)c(Cl)c1. The molecule has 2 aromatic carbocycles. The summed E-state index contributed by atoms with van der Waals surface area (Å²) in [6.07, 6.45) is 0.495. The maximum absolute atomic E-state index is 11.0. The summed E-state index contributed by atoms with van der Waals surface area (Å²) in [5, 5.41) is 11.9. The van der Waals surface area contributed by atoms with Gasteiger partial charge in [0.15, 0.2) is 0 Å². The smallest absolute Gasteiger partial charge is 0.258 e. The highest BCUT2D eigenvalue weighted by atomic mass is 79.9. The Bertz CT molecular complexity index is 649. The molecule has 2 aromatic rings. The normalized spacial score (nSPS) is 12.2. The van der Waals surface area contributed by atoms with Crippen LogP contribution in [0.1, 0.15) is 16.0 Å². The Balaban J connectivity index is 2.25. The summed E-state index contributed by atoms with van der Waals surface area (Å²) in [7, 11) is 0. The van der Waals surface area contributed by atoms with Crippen molar-refractivity contribution in [1.82, 2.24) is 0 Å². The first-order valence-corrected chi connectivity index (χ1v) is 7.47. The van der Waals surface area contributed by atoms with Crippen LogP contribution in [0.15, 0.2) is 42.5 Å². The Morgan fingerprint density at radius 1 is 1.15 bits per heavy atom. The summed E-state index contributed by atoms with van der Waals surface area (Å²) in [5.74, 6) is 0. The second kappa shape index (κ2) is 6.57. The van der Waals surface area contributed by atoms with Gasteiger partial charge in [-0.05, 0) is 24.1 Å². The van der Waals surface area contributed by atoms with Gasteiger partial charge >= 0.3 is 0 Å². The summed E-state index contributed by atoms with van der Waals surface area (Å²) < 4.78 is 0. The van der Waals surface area contributed by atoms with E-state index in [0.717, 1.165) is 5.56 Å². The molecule has 6 heteroatoms. The van der Waals surface area contributed by atoms with Gasteiger partial charge in [0, 0.05) is 16.5 Å². The van der Waals surface area contributed by atoms with Gasteiger partial charge in [-0.3, -0.25) is 10.1 Å².